The van der Waals surface area contributed by atoms with E-state index in [0.717, 1.165) is 0 Å². The molecule has 0 saturated heterocycles. The van der Waals surface area contributed by atoms with Crippen LogP contribution in [0.1, 0.15) is 10.4 Å². The Kier molecular flexibility index (Phi) is 7.33. The first-order valence-electron chi connectivity index (χ1n) is 9.06. The van der Waals surface area contributed by atoms with Gasteiger partial charge in [-0.25, -0.2) is 8.42 Å². The van der Waals surface area contributed by atoms with Gasteiger partial charge in [0.15, 0.2) is 12.4 Å². The van der Waals surface area contributed by atoms with Crippen LogP contribution in [-0.4, -0.2) is 33.3 Å². The highest BCUT2D eigenvalue weighted by molar-refractivity contribution is 7.91. The summed E-state index contributed by atoms with van der Waals surface area (Å²) in [6, 6.07) is 18.6. The minimum absolute atomic E-state index is 0.0350. The number of esters is 1. The number of Topliss-reactive ketones (excluding diaryl/α,β-unsaturated/α-hetero) is 1. The molecule has 0 fully saturated rings. The van der Waals surface area contributed by atoms with E-state index in [1.165, 1.54) is 30.3 Å². The highest BCUT2D eigenvalue weighted by atomic mass is 35.5. The first kappa shape index (κ1) is 22.8. The van der Waals surface area contributed by atoms with Crippen LogP contribution < -0.4 is 5.32 Å². The molecule has 6 nitrogen and oxygen atoms in total. The van der Waals surface area contributed by atoms with Crippen molar-refractivity contribution in [2.24, 2.45) is 0 Å². The van der Waals surface area contributed by atoms with E-state index in [-0.39, 0.29) is 37.9 Å². The molecule has 160 valence electrons. The van der Waals surface area contributed by atoms with Gasteiger partial charge in [-0.15, -0.1) is 0 Å². The third kappa shape index (κ3) is 5.64. The topological polar surface area (TPSA) is 89.5 Å². The van der Waals surface area contributed by atoms with Gasteiger partial charge in [-0.2, -0.15) is 0 Å². The van der Waals surface area contributed by atoms with Gasteiger partial charge >= 0.3 is 5.97 Å². The molecule has 0 aromatic heterocycles. The summed E-state index contributed by atoms with van der Waals surface area (Å²) in [6.07, 6.45) is 0. The van der Waals surface area contributed by atoms with Gasteiger partial charge in [0.1, 0.15) is 6.54 Å². The summed E-state index contributed by atoms with van der Waals surface area (Å²) >= 11 is 11.8. The van der Waals surface area contributed by atoms with Crippen LogP contribution in [-0.2, 0) is 19.4 Å². The quantitative estimate of drug-likeness (QED) is 0.374. The molecule has 1 N–H and O–H groups in total. The summed E-state index contributed by atoms with van der Waals surface area (Å²) in [5.74, 6) is -1.04. The van der Waals surface area contributed by atoms with Crippen molar-refractivity contribution in [1.29, 1.82) is 0 Å². The van der Waals surface area contributed by atoms with Crippen molar-refractivity contribution in [3.05, 3.63) is 88.4 Å². The van der Waals surface area contributed by atoms with Crippen LogP contribution in [0.2, 0.25) is 10.0 Å². The summed E-state index contributed by atoms with van der Waals surface area (Å²) in [7, 11) is -3.93. The van der Waals surface area contributed by atoms with E-state index in [1.807, 2.05) is 0 Å². The Labute approximate surface area is 189 Å². The molecule has 0 unspecified atom stereocenters. The molecule has 0 aliphatic carbocycles. The number of anilines is 1. The third-order valence-corrected chi connectivity index (χ3v) is 6.81. The number of para-hydroxylation sites is 1. The Morgan fingerprint density at radius 2 is 1.55 bits per heavy atom. The van der Waals surface area contributed by atoms with Gasteiger partial charge in [0.25, 0.3) is 0 Å². The van der Waals surface area contributed by atoms with Crippen LogP contribution in [0.3, 0.4) is 0 Å². The number of hydrogen-bond donors (Lipinski definition) is 1. The number of sulfone groups is 1. The number of ketones is 1. The van der Waals surface area contributed by atoms with E-state index >= 15 is 0 Å². The van der Waals surface area contributed by atoms with Crippen molar-refractivity contribution in [1.82, 2.24) is 0 Å². The van der Waals surface area contributed by atoms with Crippen LogP contribution in [0.15, 0.2) is 82.6 Å². The largest absolute Gasteiger partial charge is 0.456 e. The lowest BCUT2D eigenvalue weighted by Crippen LogP contribution is -2.21. The van der Waals surface area contributed by atoms with Gasteiger partial charge in [0.2, 0.25) is 9.84 Å². The fourth-order valence-corrected chi connectivity index (χ4v) is 4.51. The molecule has 31 heavy (non-hydrogen) atoms. The van der Waals surface area contributed by atoms with Crippen molar-refractivity contribution in [3.63, 3.8) is 0 Å². The molecule has 0 bridgehead atoms. The van der Waals surface area contributed by atoms with E-state index in [0.29, 0.717) is 5.56 Å². The van der Waals surface area contributed by atoms with E-state index < -0.39 is 22.4 Å². The van der Waals surface area contributed by atoms with Crippen LogP contribution in [0, 0.1) is 0 Å². The Hall–Kier alpha value is -2.87. The Morgan fingerprint density at radius 1 is 0.871 bits per heavy atom. The maximum Gasteiger partial charge on any atom is 0.325 e. The second-order valence-corrected chi connectivity index (χ2v) is 9.11. The summed E-state index contributed by atoms with van der Waals surface area (Å²) in [5, 5.41) is 3.10. The van der Waals surface area contributed by atoms with Crippen molar-refractivity contribution in [2.75, 3.05) is 18.5 Å². The van der Waals surface area contributed by atoms with Gasteiger partial charge in [0.05, 0.1) is 25.5 Å². The molecule has 9 heteroatoms. The lowest BCUT2D eigenvalue weighted by Gasteiger charge is -2.13. The second-order valence-electron chi connectivity index (χ2n) is 6.38. The van der Waals surface area contributed by atoms with Crippen molar-refractivity contribution in [2.45, 2.75) is 9.79 Å². The predicted molar refractivity (Wildman–Crippen MR) is 119 cm³/mol. The number of carbonyl (C=O) groups excluding carboxylic acids is 2. The molecule has 3 aromatic rings. The van der Waals surface area contributed by atoms with E-state index in [9.17, 15) is 18.0 Å². The van der Waals surface area contributed by atoms with Crippen molar-refractivity contribution >= 4 is 50.5 Å². The molecule has 0 radical (unpaired) electrons. The molecule has 3 rings (SSSR count). The molecule has 0 saturated carbocycles. The molecule has 0 heterocycles. The number of halogens is 2. The van der Waals surface area contributed by atoms with Gasteiger partial charge in [0, 0.05) is 5.56 Å². The number of carbonyl (C=O) groups is 2. The lowest BCUT2D eigenvalue weighted by molar-refractivity contribution is -0.140. The standard InChI is InChI=1S/C22H17Cl2NO5S/c23-17-11-10-16(12-18(17)24)31(28,29)21-9-5-4-8-19(21)25-13-22(27)30-14-20(26)15-6-2-1-3-7-15/h1-12,25H,13-14H2. The number of hydrogen-bond acceptors (Lipinski definition) is 6. The average molecular weight is 478 g/mol. The molecule has 0 spiro atoms. The molecular formula is C22H17Cl2NO5S. The second kappa shape index (κ2) is 9.96. The molecule has 3 aromatic carbocycles. The molecule has 0 atom stereocenters. The van der Waals surface area contributed by atoms with Gasteiger partial charge in [-0.05, 0) is 30.3 Å². The number of rotatable bonds is 8. The zero-order valence-corrected chi connectivity index (χ0v) is 18.4. The highest BCUT2D eigenvalue weighted by Crippen LogP contribution is 2.31. The summed E-state index contributed by atoms with van der Waals surface area (Å²) in [4.78, 5) is 24.0. The highest BCUT2D eigenvalue weighted by Gasteiger charge is 2.22. The zero-order valence-electron chi connectivity index (χ0n) is 16.0. The predicted octanol–water partition coefficient (Wildman–Crippen LogP) is 4.66. The first-order chi connectivity index (χ1) is 14.8. The van der Waals surface area contributed by atoms with Crippen molar-refractivity contribution in [3.8, 4) is 0 Å². The van der Waals surface area contributed by atoms with Gasteiger partial charge < -0.3 is 10.1 Å². The lowest BCUT2D eigenvalue weighted by atomic mass is 10.1. The number of benzene rings is 3. The third-order valence-electron chi connectivity index (χ3n) is 4.26. The summed E-state index contributed by atoms with van der Waals surface area (Å²) < 4.78 is 31.1. The van der Waals surface area contributed by atoms with Crippen LogP contribution >= 0.6 is 23.2 Å². The molecule has 0 aliphatic rings. The maximum atomic E-state index is 13.0. The van der Waals surface area contributed by atoms with Gasteiger partial charge in [-0.1, -0.05) is 65.7 Å². The normalized spacial score (nSPS) is 11.0. The van der Waals surface area contributed by atoms with Crippen molar-refractivity contribution < 1.29 is 22.7 Å². The zero-order chi connectivity index (χ0) is 22.4. The fourth-order valence-electron chi connectivity index (χ4n) is 2.69. The minimum atomic E-state index is -3.93. The van der Waals surface area contributed by atoms with Gasteiger partial charge in [-0.3, -0.25) is 9.59 Å². The fraction of sp³-hybridized carbons (Fsp3) is 0.0909. The van der Waals surface area contributed by atoms with E-state index in [1.54, 1.807) is 42.5 Å². The van der Waals surface area contributed by atoms with Crippen LogP contribution in [0.4, 0.5) is 5.69 Å². The average Bonchev–Trinajstić information content (AvgIpc) is 2.78. The van der Waals surface area contributed by atoms with E-state index in [4.69, 9.17) is 27.9 Å². The number of nitrogens with one attached hydrogen (secondary N) is 1. The SMILES string of the molecule is O=C(CNc1ccccc1S(=O)(=O)c1ccc(Cl)c(Cl)c1)OCC(=O)c1ccccc1. The minimum Gasteiger partial charge on any atom is -0.456 e. The summed E-state index contributed by atoms with van der Waals surface area (Å²) in [5.41, 5.74) is 0.640. The number of ether oxygens (including phenoxy) is 1. The smallest absolute Gasteiger partial charge is 0.325 e. The van der Waals surface area contributed by atoms with Crippen LogP contribution in [0.25, 0.3) is 0 Å². The monoisotopic (exact) mass is 477 g/mol. The first-order valence-corrected chi connectivity index (χ1v) is 11.3. The van der Waals surface area contributed by atoms with Crippen LogP contribution in [0.5, 0.6) is 0 Å². The van der Waals surface area contributed by atoms with E-state index in [2.05, 4.69) is 5.32 Å². The summed E-state index contributed by atoms with van der Waals surface area (Å²) in [6.45, 7) is -0.732. The molecule has 0 aliphatic heterocycles. The maximum absolute atomic E-state index is 13.0. The Balaban J connectivity index is 1.68. The molecular weight excluding hydrogens is 461 g/mol. The molecule has 0 amide bonds. The Morgan fingerprint density at radius 3 is 2.26 bits per heavy atom. The Bertz CT molecular complexity index is 1210.